The lowest BCUT2D eigenvalue weighted by atomic mass is 10.1. The maximum absolute atomic E-state index is 12.8. The van der Waals surface area contributed by atoms with Gasteiger partial charge in [0.1, 0.15) is 5.82 Å². The van der Waals surface area contributed by atoms with E-state index in [1.54, 1.807) is 0 Å². The Morgan fingerprint density at radius 1 is 1.16 bits per heavy atom. The molecule has 1 aromatic rings. The van der Waals surface area contributed by atoms with Gasteiger partial charge in [-0.2, -0.15) is 0 Å². The molecule has 0 bridgehead atoms. The number of rotatable bonds is 4. The molecule has 2 rings (SSSR count). The van der Waals surface area contributed by atoms with Crippen LogP contribution in [0.4, 0.5) is 4.39 Å². The molecular weight excluding hydrogens is 243 g/mol. The van der Waals surface area contributed by atoms with Gasteiger partial charge < -0.3 is 4.90 Å². The van der Waals surface area contributed by atoms with Crippen LogP contribution in [0.2, 0.25) is 0 Å². The Labute approximate surface area is 114 Å². The summed E-state index contributed by atoms with van der Waals surface area (Å²) in [6.45, 7) is 6.41. The van der Waals surface area contributed by atoms with E-state index in [4.69, 9.17) is 0 Å². The molecule has 1 heterocycles. The molecule has 1 fully saturated rings. The lowest BCUT2D eigenvalue weighted by Crippen LogP contribution is -2.48. The second-order valence-corrected chi connectivity index (χ2v) is 4.95. The van der Waals surface area contributed by atoms with Gasteiger partial charge in [-0.1, -0.05) is 19.1 Å². The van der Waals surface area contributed by atoms with Crippen LogP contribution >= 0.6 is 0 Å². The molecule has 1 saturated heterocycles. The van der Waals surface area contributed by atoms with E-state index < -0.39 is 0 Å². The standard InChI is InChI=1S/C15H21FN2O/c1-2-15(19)18-11-9-17(10-12-18)8-7-13-3-5-14(16)6-4-13/h3-6H,2,7-12H2,1H3. The molecule has 1 amide bonds. The minimum atomic E-state index is -0.185. The minimum absolute atomic E-state index is 0.185. The zero-order valence-corrected chi connectivity index (χ0v) is 11.4. The Kier molecular flexibility index (Phi) is 4.91. The molecule has 4 heteroatoms. The molecule has 0 unspecified atom stereocenters. The molecule has 0 spiro atoms. The van der Waals surface area contributed by atoms with Crippen molar-refractivity contribution >= 4 is 5.91 Å². The maximum Gasteiger partial charge on any atom is 0.222 e. The van der Waals surface area contributed by atoms with Gasteiger partial charge in [0, 0.05) is 39.1 Å². The summed E-state index contributed by atoms with van der Waals surface area (Å²) in [6, 6.07) is 6.69. The highest BCUT2D eigenvalue weighted by Crippen LogP contribution is 2.07. The van der Waals surface area contributed by atoms with Crippen molar-refractivity contribution < 1.29 is 9.18 Å². The molecule has 0 N–H and O–H groups in total. The van der Waals surface area contributed by atoms with E-state index in [2.05, 4.69) is 4.90 Å². The van der Waals surface area contributed by atoms with Gasteiger partial charge in [0.15, 0.2) is 0 Å². The highest BCUT2D eigenvalue weighted by Gasteiger charge is 2.19. The second kappa shape index (κ2) is 6.66. The van der Waals surface area contributed by atoms with Crippen LogP contribution in [-0.2, 0) is 11.2 Å². The molecule has 104 valence electrons. The third kappa shape index (κ3) is 4.03. The van der Waals surface area contributed by atoms with Crippen molar-refractivity contribution in [2.45, 2.75) is 19.8 Å². The molecule has 3 nitrogen and oxygen atoms in total. The monoisotopic (exact) mass is 264 g/mol. The maximum atomic E-state index is 12.8. The number of piperazine rings is 1. The van der Waals surface area contributed by atoms with E-state index in [1.165, 1.54) is 12.1 Å². The summed E-state index contributed by atoms with van der Waals surface area (Å²) in [5.41, 5.74) is 1.16. The van der Waals surface area contributed by atoms with Crippen LogP contribution in [0.25, 0.3) is 0 Å². The highest BCUT2D eigenvalue weighted by molar-refractivity contribution is 5.75. The highest BCUT2D eigenvalue weighted by atomic mass is 19.1. The van der Waals surface area contributed by atoms with Crippen LogP contribution in [0.1, 0.15) is 18.9 Å². The van der Waals surface area contributed by atoms with Gasteiger partial charge in [-0.05, 0) is 24.1 Å². The second-order valence-electron chi connectivity index (χ2n) is 4.95. The van der Waals surface area contributed by atoms with Crippen molar-refractivity contribution in [3.05, 3.63) is 35.6 Å². The molecule has 0 radical (unpaired) electrons. The van der Waals surface area contributed by atoms with Gasteiger partial charge in [0.25, 0.3) is 0 Å². The fraction of sp³-hybridized carbons (Fsp3) is 0.533. The van der Waals surface area contributed by atoms with E-state index in [-0.39, 0.29) is 11.7 Å². The number of benzene rings is 1. The van der Waals surface area contributed by atoms with Gasteiger partial charge in [-0.15, -0.1) is 0 Å². The average Bonchev–Trinajstić information content (AvgIpc) is 2.46. The predicted octanol–water partition coefficient (Wildman–Crippen LogP) is 1.92. The lowest BCUT2D eigenvalue weighted by Gasteiger charge is -2.34. The molecule has 1 aliphatic heterocycles. The van der Waals surface area contributed by atoms with Crippen molar-refractivity contribution in [1.82, 2.24) is 9.80 Å². The van der Waals surface area contributed by atoms with E-state index in [0.29, 0.717) is 6.42 Å². The number of hydrogen-bond acceptors (Lipinski definition) is 2. The summed E-state index contributed by atoms with van der Waals surface area (Å²) in [6.07, 6.45) is 1.53. The van der Waals surface area contributed by atoms with Gasteiger partial charge in [0.2, 0.25) is 5.91 Å². The lowest BCUT2D eigenvalue weighted by molar-refractivity contribution is -0.132. The van der Waals surface area contributed by atoms with Crippen LogP contribution in [0.3, 0.4) is 0 Å². The summed E-state index contributed by atoms with van der Waals surface area (Å²) in [7, 11) is 0. The summed E-state index contributed by atoms with van der Waals surface area (Å²) >= 11 is 0. The van der Waals surface area contributed by atoms with Crippen molar-refractivity contribution in [1.29, 1.82) is 0 Å². The summed E-state index contributed by atoms with van der Waals surface area (Å²) < 4.78 is 12.8. The van der Waals surface area contributed by atoms with E-state index in [9.17, 15) is 9.18 Å². The van der Waals surface area contributed by atoms with Crippen molar-refractivity contribution in [2.24, 2.45) is 0 Å². The first kappa shape index (κ1) is 14.0. The zero-order chi connectivity index (χ0) is 13.7. The molecule has 19 heavy (non-hydrogen) atoms. The molecule has 1 aliphatic rings. The van der Waals surface area contributed by atoms with Crippen LogP contribution in [0, 0.1) is 5.82 Å². The fourth-order valence-corrected chi connectivity index (χ4v) is 2.38. The Bertz CT molecular complexity index is 411. The molecular formula is C15H21FN2O. The average molecular weight is 264 g/mol. The van der Waals surface area contributed by atoms with Crippen molar-refractivity contribution in [2.75, 3.05) is 32.7 Å². The first-order valence-corrected chi connectivity index (χ1v) is 6.93. The molecule has 1 aromatic carbocycles. The van der Waals surface area contributed by atoms with Crippen LogP contribution in [0.15, 0.2) is 24.3 Å². The number of nitrogens with zero attached hydrogens (tertiary/aromatic N) is 2. The topological polar surface area (TPSA) is 23.6 Å². The van der Waals surface area contributed by atoms with Gasteiger partial charge in [-0.3, -0.25) is 9.69 Å². The fourth-order valence-electron chi connectivity index (χ4n) is 2.38. The summed E-state index contributed by atoms with van der Waals surface area (Å²) in [5, 5.41) is 0. The largest absolute Gasteiger partial charge is 0.340 e. The first-order chi connectivity index (χ1) is 9.19. The number of amides is 1. The Balaban J connectivity index is 1.74. The summed E-state index contributed by atoms with van der Waals surface area (Å²) in [5.74, 6) is 0.0635. The first-order valence-electron chi connectivity index (χ1n) is 6.93. The third-order valence-corrected chi connectivity index (χ3v) is 3.66. The van der Waals surface area contributed by atoms with Gasteiger partial charge >= 0.3 is 0 Å². The Morgan fingerprint density at radius 2 is 1.79 bits per heavy atom. The zero-order valence-electron chi connectivity index (χ0n) is 11.4. The Hall–Kier alpha value is -1.42. The normalized spacial score (nSPS) is 16.6. The van der Waals surface area contributed by atoms with Crippen LogP contribution in [-0.4, -0.2) is 48.4 Å². The van der Waals surface area contributed by atoms with Crippen molar-refractivity contribution in [3.8, 4) is 0 Å². The predicted molar refractivity (Wildman–Crippen MR) is 73.4 cm³/mol. The number of hydrogen-bond donors (Lipinski definition) is 0. The van der Waals surface area contributed by atoms with E-state index in [0.717, 1.165) is 44.7 Å². The third-order valence-electron chi connectivity index (χ3n) is 3.66. The minimum Gasteiger partial charge on any atom is -0.340 e. The van der Waals surface area contributed by atoms with Gasteiger partial charge in [0.05, 0.1) is 0 Å². The quantitative estimate of drug-likeness (QED) is 0.829. The van der Waals surface area contributed by atoms with Crippen LogP contribution in [0.5, 0.6) is 0 Å². The van der Waals surface area contributed by atoms with Crippen LogP contribution < -0.4 is 0 Å². The molecule has 0 saturated carbocycles. The summed E-state index contributed by atoms with van der Waals surface area (Å²) in [4.78, 5) is 15.9. The molecule has 0 atom stereocenters. The van der Waals surface area contributed by atoms with E-state index >= 15 is 0 Å². The number of carbonyl (C=O) groups excluding carboxylic acids is 1. The smallest absolute Gasteiger partial charge is 0.222 e. The molecule has 0 aromatic heterocycles. The van der Waals surface area contributed by atoms with E-state index in [1.807, 2.05) is 24.0 Å². The number of halogens is 1. The van der Waals surface area contributed by atoms with Gasteiger partial charge in [-0.25, -0.2) is 4.39 Å². The molecule has 0 aliphatic carbocycles. The SMILES string of the molecule is CCC(=O)N1CCN(CCc2ccc(F)cc2)CC1. The number of carbonyl (C=O) groups is 1. The van der Waals surface area contributed by atoms with Crippen molar-refractivity contribution in [3.63, 3.8) is 0 Å². The Morgan fingerprint density at radius 3 is 2.37 bits per heavy atom.